The number of unbranched alkanes of at least 4 members (excludes halogenated alkanes) is 24. The number of imide groups is 1. The van der Waals surface area contributed by atoms with Crippen LogP contribution >= 0.6 is 0 Å². The van der Waals surface area contributed by atoms with Gasteiger partial charge in [0, 0.05) is 32.2 Å². The Bertz CT molecular complexity index is 942. The number of carbonyl (C=O) groups excluding carboxylic acids is 4. The highest BCUT2D eigenvalue weighted by molar-refractivity contribution is 6.01. The summed E-state index contributed by atoms with van der Waals surface area (Å²) in [5.41, 5.74) is 0. The summed E-state index contributed by atoms with van der Waals surface area (Å²) >= 11 is 0. The number of ether oxygens (including phenoxy) is 2. The highest BCUT2D eigenvalue weighted by Gasteiger charge is 2.28. The molecule has 1 fully saturated rings. The lowest BCUT2D eigenvalue weighted by molar-refractivity contribution is -0.150. The smallest absolute Gasteiger partial charge is 0.306 e. The van der Waals surface area contributed by atoms with Crippen molar-refractivity contribution in [2.24, 2.45) is 0 Å². The largest absolute Gasteiger partial charge is 0.466 e. The molecule has 0 unspecified atom stereocenters. The fourth-order valence-electron chi connectivity index (χ4n) is 8.06. The van der Waals surface area contributed by atoms with E-state index in [0.717, 1.165) is 116 Å². The van der Waals surface area contributed by atoms with E-state index < -0.39 is 0 Å². The third-order valence-corrected chi connectivity index (χ3v) is 11.8. The van der Waals surface area contributed by atoms with Crippen LogP contribution in [0.1, 0.15) is 252 Å². The van der Waals surface area contributed by atoms with E-state index in [2.05, 4.69) is 25.7 Å². The van der Waals surface area contributed by atoms with E-state index in [0.29, 0.717) is 38.8 Å². The maximum absolute atomic E-state index is 12.8. The molecule has 1 rings (SSSR count). The molecule has 0 saturated carbocycles. The highest BCUT2D eigenvalue weighted by atomic mass is 16.5. The van der Waals surface area contributed by atoms with Gasteiger partial charge in [-0.15, -0.1) is 0 Å². The van der Waals surface area contributed by atoms with Crippen LogP contribution in [0.25, 0.3) is 0 Å². The second kappa shape index (κ2) is 39.5. The van der Waals surface area contributed by atoms with Gasteiger partial charge >= 0.3 is 11.9 Å². The molecule has 8 heteroatoms. The van der Waals surface area contributed by atoms with Crippen LogP contribution < -0.4 is 0 Å². The molecule has 8 nitrogen and oxygen atoms in total. The number of hydrogen-bond acceptors (Lipinski definition) is 7. The maximum atomic E-state index is 12.8. The SMILES string of the molecule is CCCCCCCCCOC(=O)CCCCCCCN(CCCCCCCC(=O)OC(CCCCCCCC)CCCCCCCC)CCCN1C(=O)CCC1=O. The predicted molar refractivity (Wildman–Crippen MR) is 237 cm³/mol. The van der Waals surface area contributed by atoms with Crippen LogP contribution in [-0.2, 0) is 28.7 Å². The number of amides is 2. The van der Waals surface area contributed by atoms with Gasteiger partial charge in [0.2, 0.25) is 11.8 Å². The standard InChI is InChI=1S/C49H92N2O6/c1-4-7-10-13-16-25-32-44-56-48(54)36-28-21-17-23-30-40-50(42-33-43-51-46(52)38-39-47(51)53)41-31-24-18-22-29-37-49(55)57-45(34-26-19-14-11-8-5-2)35-27-20-15-12-9-6-3/h45H,4-44H2,1-3H3. The molecule has 0 aromatic carbocycles. The Morgan fingerprint density at radius 1 is 0.491 bits per heavy atom. The first-order valence-electron chi connectivity index (χ1n) is 24.8. The van der Waals surface area contributed by atoms with Crippen LogP contribution in [0.5, 0.6) is 0 Å². The molecule has 1 aliphatic rings. The van der Waals surface area contributed by atoms with Crippen molar-refractivity contribution < 1.29 is 28.7 Å². The van der Waals surface area contributed by atoms with Gasteiger partial charge in [0.25, 0.3) is 0 Å². The minimum Gasteiger partial charge on any atom is -0.466 e. The molecule has 0 atom stereocenters. The number of carbonyl (C=O) groups is 4. The Morgan fingerprint density at radius 2 is 0.877 bits per heavy atom. The summed E-state index contributed by atoms with van der Waals surface area (Å²) in [6, 6.07) is 0. The molecule has 0 spiro atoms. The number of hydrogen-bond donors (Lipinski definition) is 0. The van der Waals surface area contributed by atoms with E-state index in [1.54, 1.807) is 0 Å². The van der Waals surface area contributed by atoms with E-state index in [9.17, 15) is 19.2 Å². The summed E-state index contributed by atoms with van der Waals surface area (Å²) in [5.74, 6) is -0.100. The summed E-state index contributed by atoms with van der Waals surface area (Å²) in [5, 5.41) is 0. The molecule has 2 amide bonds. The highest BCUT2D eigenvalue weighted by Crippen LogP contribution is 2.19. The molecule has 1 aliphatic heterocycles. The van der Waals surface area contributed by atoms with E-state index in [-0.39, 0.29) is 29.9 Å². The lowest BCUT2D eigenvalue weighted by Crippen LogP contribution is -2.34. The lowest BCUT2D eigenvalue weighted by atomic mass is 10.0. The average Bonchev–Trinajstić information content (AvgIpc) is 3.52. The lowest BCUT2D eigenvalue weighted by Gasteiger charge is -2.23. The number of likely N-dealkylation sites (tertiary alicyclic amines) is 1. The van der Waals surface area contributed by atoms with Gasteiger partial charge in [-0.25, -0.2) is 0 Å². The van der Waals surface area contributed by atoms with Gasteiger partial charge in [-0.2, -0.15) is 0 Å². The first kappa shape index (κ1) is 53.1. The van der Waals surface area contributed by atoms with Crippen LogP contribution in [-0.4, -0.2) is 72.4 Å². The molecular formula is C49H92N2O6. The summed E-state index contributed by atoms with van der Waals surface area (Å²) in [6.45, 7) is 10.8. The predicted octanol–water partition coefficient (Wildman–Crippen LogP) is 13.2. The zero-order valence-electron chi connectivity index (χ0n) is 37.9. The maximum Gasteiger partial charge on any atom is 0.306 e. The van der Waals surface area contributed by atoms with E-state index in [1.165, 1.54) is 114 Å². The average molecular weight is 805 g/mol. The minimum absolute atomic E-state index is 0.00292. The quantitative estimate of drug-likeness (QED) is 0.0344. The van der Waals surface area contributed by atoms with Gasteiger partial charge < -0.3 is 14.4 Å². The van der Waals surface area contributed by atoms with Crippen molar-refractivity contribution in [1.29, 1.82) is 0 Å². The summed E-state index contributed by atoms with van der Waals surface area (Å²) in [6.07, 6.45) is 39.2. The molecule has 0 aromatic rings. The number of esters is 2. The van der Waals surface area contributed by atoms with Crippen molar-refractivity contribution in [3.8, 4) is 0 Å². The fourth-order valence-corrected chi connectivity index (χ4v) is 8.06. The zero-order valence-corrected chi connectivity index (χ0v) is 37.9. The third kappa shape index (κ3) is 32.6. The van der Waals surface area contributed by atoms with Crippen molar-refractivity contribution in [3.63, 3.8) is 0 Å². The molecule has 0 bridgehead atoms. The Kier molecular flexibility index (Phi) is 36.8. The Balaban J connectivity index is 2.31. The van der Waals surface area contributed by atoms with Gasteiger partial charge in [-0.05, 0) is 83.8 Å². The molecule has 0 aromatic heterocycles. The minimum atomic E-state index is -0.0479. The molecular weight excluding hydrogens is 713 g/mol. The van der Waals surface area contributed by atoms with Gasteiger partial charge in [-0.3, -0.25) is 24.1 Å². The second-order valence-corrected chi connectivity index (χ2v) is 17.2. The van der Waals surface area contributed by atoms with E-state index in [1.807, 2.05) is 0 Å². The normalized spacial score (nSPS) is 13.1. The van der Waals surface area contributed by atoms with Gasteiger partial charge in [-0.1, -0.05) is 162 Å². The number of nitrogens with zero attached hydrogens (tertiary/aromatic N) is 2. The van der Waals surface area contributed by atoms with Gasteiger partial charge in [0.1, 0.15) is 6.10 Å². The molecule has 1 heterocycles. The first-order valence-corrected chi connectivity index (χ1v) is 24.8. The Morgan fingerprint density at radius 3 is 1.37 bits per heavy atom. The van der Waals surface area contributed by atoms with Crippen molar-refractivity contribution in [3.05, 3.63) is 0 Å². The van der Waals surface area contributed by atoms with Crippen LogP contribution in [0.2, 0.25) is 0 Å². The summed E-state index contributed by atoms with van der Waals surface area (Å²) in [4.78, 5) is 53.1. The molecule has 1 saturated heterocycles. The van der Waals surface area contributed by atoms with Crippen LogP contribution in [0.15, 0.2) is 0 Å². The number of rotatable bonds is 43. The van der Waals surface area contributed by atoms with Gasteiger partial charge in [0.15, 0.2) is 0 Å². The van der Waals surface area contributed by atoms with E-state index >= 15 is 0 Å². The van der Waals surface area contributed by atoms with Crippen molar-refractivity contribution >= 4 is 23.8 Å². The monoisotopic (exact) mass is 805 g/mol. The van der Waals surface area contributed by atoms with Crippen LogP contribution in [0, 0.1) is 0 Å². The van der Waals surface area contributed by atoms with Crippen molar-refractivity contribution in [2.75, 3.05) is 32.8 Å². The molecule has 334 valence electrons. The second-order valence-electron chi connectivity index (χ2n) is 17.2. The topological polar surface area (TPSA) is 93.2 Å². The first-order chi connectivity index (χ1) is 27.9. The molecule has 0 aliphatic carbocycles. The van der Waals surface area contributed by atoms with Crippen LogP contribution in [0.3, 0.4) is 0 Å². The molecule has 57 heavy (non-hydrogen) atoms. The summed E-state index contributed by atoms with van der Waals surface area (Å²) in [7, 11) is 0. The van der Waals surface area contributed by atoms with E-state index in [4.69, 9.17) is 9.47 Å². The molecule has 0 N–H and O–H groups in total. The summed E-state index contributed by atoms with van der Waals surface area (Å²) < 4.78 is 11.5. The molecule has 0 radical (unpaired) electrons. The van der Waals surface area contributed by atoms with Crippen molar-refractivity contribution in [2.45, 2.75) is 258 Å². The fraction of sp³-hybridized carbons (Fsp3) is 0.918. The third-order valence-electron chi connectivity index (χ3n) is 11.8. The van der Waals surface area contributed by atoms with Crippen LogP contribution in [0.4, 0.5) is 0 Å². The van der Waals surface area contributed by atoms with Crippen molar-refractivity contribution in [1.82, 2.24) is 9.80 Å². The Hall–Kier alpha value is -1.96. The Labute approximate surface area is 352 Å². The van der Waals surface area contributed by atoms with Gasteiger partial charge in [0.05, 0.1) is 6.61 Å². The zero-order chi connectivity index (χ0) is 41.4.